The van der Waals surface area contributed by atoms with Gasteiger partial charge in [0.05, 0.1) is 24.8 Å². The molecule has 0 aliphatic heterocycles. The predicted octanol–water partition coefficient (Wildman–Crippen LogP) is 4.20. The van der Waals surface area contributed by atoms with Crippen LogP contribution in [0.4, 0.5) is 5.69 Å². The van der Waals surface area contributed by atoms with E-state index in [4.69, 9.17) is 25.8 Å². The van der Waals surface area contributed by atoms with Crippen molar-refractivity contribution in [3.8, 4) is 17.2 Å². The highest BCUT2D eigenvalue weighted by molar-refractivity contribution is 7.92. The third-order valence-electron chi connectivity index (χ3n) is 5.11. The van der Waals surface area contributed by atoms with Crippen molar-refractivity contribution in [2.24, 2.45) is 0 Å². The first kappa shape index (κ1) is 26.2. The number of carbonyl (C=O) groups excluding carboxylic acids is 1. The average Bonchev–Trinajstić information content (AvgIpc) is 2.85. The maximum Gasteiger partial charge on any atom is 0.261 e. The van der Waals surface area contributed by atoms with Gasteiger partial charge in [-0.2, -0.15) is 0 Å². The Kier molecular flexibility index (Phi) is 8.84. The van der Waals surface area contributed by atoms with E-state index in [2.05, 4.69) is 10.0 Å². The molecule has 3 aromatic carbocycles. The first-order valence-corrected chi connectivity index (χ1v) is 12.6. The van der Waals surface area contributed by atoms with Crippen molar-refractivity contribution >= 4 is 33.2 Å². The van der Waals surface area contributed by atoms with Crippen LogP contribution in [0.1, 0.15) is 11.1 Å². The number of sulfonamides is 1. The van der Waals surface area contributed by atoms with Gasteiger partial charge < -0.3 is 19.5 Å². The summed E-state index contributed by atoms with van der Waals surface area (Å²) in [6, 6.07) is 16.3. The van der Waals surface area contributed by atoms with Crippen molar-refractivity contribution < 1.29 is 27.4 Å². The minimum atomic E-state index is -3.80. The van der Waals surface area contributed by atoms with Crippen molar-refractivity contribution in [1.29, 1.82) is 0 Å². The third kappa shape index (κ3) is 7.27. The number of rotatable bonds is 11. The van der Waals surface area contributed by atoms with Gasteiger partial charge in [0.2, 0.25) is 0 Å². The number of methoxy groups -OCH3 is 2. The summed E-state index contributed by atoms with van der Waals surface area (Å²) in [5.74, 6) is 1.35. The van der Waals surface area contributed by atoms with Crippen molar-refractivity contribution in [3.63, 3.8) is 0 Å². The summed E-state index contributed by atoms with van der Waals surface area (Å²) in [6.45, 7) is 2.06. The minimum Gasteiger partial charge on any atom is -0.493 e. The van der Waals surface area contributed by atoms with Gasteiger partial charge >= 0.3 is 0 Å². The standard InChI is InChI=1S/C25H27ClN2O6S/c1-17-4-6-19(15-22(17)26)28-35(30,31)21-9-7-20(8-10-21)34-16-25(29)27-13-12-18-5-11-23(32-2)24(14-18)33-3/h4-11,14-15,28H,12-13,16H2,1-3H3,(H,27,29). The summed E-state index contributed by atoms with van der Waals surface area (Å²) in [6.07, 6.45) is 0.609. The highest BCUT2D eigenvalue weighted by Gasteiger charge is 2.15. The number of halogens is 1. The molecule has 0 bridgehead atoms. The van der Waals surface area contributed by atoms with Gasteiger partial charge in [0.25, 0.3) is 15.9 Å². The predicted molar refractivity (Wildman–Crippen MR) is 135 cm³/mol. The lowest BCUT2D eigenvalue weighted by Gasteiger charge is -2.11. The molecule has 1 amide bonds. The highest BCUT2D eigenvalue weighted by atomic mass is 35.5. The minimum absolute atomic E-state index is 0.0564. The number of ether oxygens (including phenoxy) is 3. The molecule has 10 heteroatoms. The lowest BCUT2D eigenvalue weighted by Crippen LogP contribution is -2.30. The monoisotopic (exact) mass is 518 g/mol. The zero-order chi connectivity index (χ0) is 25.4. The molecular formula is C25H27ClN2O6S. The van der Waals surface area contributed by atoms with Crippen LogP contribution in [-0.2, 0) is 21.2 Å². The van der Waals surface area contributed by atoms with Crippen LogP contribution in [0.2, 0.25) is 5.02 Å². The number of carbonyl (C=O) groups is 1. The van der Waals surface area contributed by atoms with Crippen LogP contribution >= 0.6 is 11.6 Å². The SMILES string of the molecule is COc1ccc(CCNC(=O)COc2ccc(S(=O)(=O)Nc3ccc(C)c(Cl)c3)cc2)cc1OC. The molecule has 0 radical (unpaired) electrons. The molecule has 8 nitrogen and oxygen atoms in total. The van der Waals surface area contributed by atoms with E-state index in [1.54, 1.807) is 32.4 Å². The molecular weight excluding hydrogens is 492 g/mol. The van der Waals surface area contributed by atoms with Gasteiger partial charge in [-0.3, -0.25) is 9.52 Å². The van der Waals surface area contributed by atoms with E-state index in [0.717, 1.165) is 11.1 Å². The van der Waals surface area contributed by atoms with Gasteiger partial charge in [0, 0.05) is 11.6 Å². The average molecular weight is 519 g/mol. The second-order valence-corrected chi connectivity index (χ2v) is 9.71. The zero-order valence-electron chi connectivity index (χ0n) is 19.6. The van der Waals surface area contributed by atoms with Gasteiger partial charge in [0.15, 0.2) is 18.1 Å². The van der Waals surface area contributed by atoms with Crippen molar-refractivity contribution in [1.82, 2.24) is 5.32 Å². The number of hydrogen-bond acceptors (Lipinski definition) is 6. The fraction of sp³-hybridized carbons (Fsp3) is 0.240. The molecule has 3 rings (SSSR count). The first-order valence-electron chi connectivity index (χ1n) is 10.7. The first-order chi connectivity index (χ1) is 16.7. The quantitative estimate of drug-likeness (QED) is 0.394. The lowest BCUT2D eigenvalue weighted by atomic mass is 10.1. The van der Waals surface area contributed by atoms with E-state index in [1.165, 1.54) is 24.3 Å². The van der Waals surface area contributed by atoms with Gasteiger partial charge in [-0.05, 0) is 73.0 Å². The molecule has 0 aromatic heterocycles. The van der Waals surface area contributed by atoms with Crippen LogP contribution in [0.15, 0.2) is 65.6 Å². The van der Waals surface area contributed by atoms with Crippen molar-refractivity contribution in [2.75, 3.05) is 32.1 Å². The van der Waals surface area contributed by atoms with Crippen molar-refractivity contribution in [3.05, 3.63) is 76.8 Å². The van der Waals surface area contributed by atoms with E-state index in [9.17, 15) is 13.2 Å². The molecule has 0 aliphatic rings. The maximum absolute atomic E-state index is 12.6. The Morgan fingerprint density at radius 1 is 0.943 bits per heavy atom. The molecule has 0 unspecified atom stereocenters. The Morgan fingerprint density at radius 3 is 2.31 bits per heavy atom. The molecule has 0 saturated heterocycles. The Hall–Kier alpha value is -3.43. The van der Waals surface area contributed by atoms with Crippen LogP contribution in [-0.4, -0.2) is 41.7 Å². The molecule has 0 fully saturated rings. The van der Waals surface area contributed by atoms with Gasteiger partial charge in [-0.15, -0.1) is 0 Å². The molecule has 0 atom stereocenters. The molecule has 35 heavy (non-hydrogen) atoms. The lowest BCUT2D eigenvalue weighted by molar-refractivity contribution is -0.123. The molecule has 0 spiro atoms. The molecule has 0 aliphatic carbocycles. The fourth-order valence-corrected chi connectivity index (χ4v) is 4.40. The second-order valence-electron chi connectivity index (χ2n) is 7.62. The summed E-state index contributed by atoms with van der Waals surface area (Å²) in [7, 11) is -0.658. The van der Waals surface area contributed by atoms with E-state index in [1.807, 2.05) is 25.1 Å². The normalized spacial score (nSPS) is 11.0. The molecule has 0 saturated carbocycles. The number of hydrogen-bond donors (Lipinski definition) is 2. The van der Waals surface area contributed by atoms with Crippen LogP contribution in [0.5, 0.6) is 17.2 Å². The van der Waals surface area contributed by atoms with Gasteiger partial charge in [-0.25, -0.2) is 8.42 Å². The summed E-state index contributed by atoms with van der Waals surface area (Å²) in [5, 5.41) is 3.25. The maximum atomic E-state index is 12.6. The Labute approximate surface area is 210 Å². The highest BCUT2D eigenvalue weighted by Crippen LogP contribution is 2.27. The summed E-state index contributed by atoms with van der Waals surface area (Å²) in [4.78, 5) is 12.2. The van der Waals surface area contributed by atoms with Gasteiger partial charge in [0.1, 0.15) is 5.75 Å². The van der Waals surface area contributed by atoms with E-state index < -0.39 is 10.0 Å². The molecule has 186 valence electrons. The largest absolute Gasteiger partial charge is 0.493 e. The molecule has 2 N–H and O–H groups in total. The van der Waals surface area contributed by atoms with Gasteiger partial charge in [-0.1, -0.05) is 23.7 Å². The summed E-state index contributed by atoms with van der Waals surface area (Å²) in [5.41, 5.74) is 2.20. The summed E-state index contributed by atoms with van der Waals surface area (Å²) < 4.78 is 43.7. The van der Waals surface area contributed by atoms with Crippen LogP contribution < -0.4 is 24.2 Å². The third-order valence-corrected chi connectivity index (χ3v) is 6.92. The number of anilines is 1. The summed E-state index contributed by atoms with van der Waals surface area (Å²) >= 11 is 6.06. The number of aryl methyl sites for hydroxylation is 1. The molecule has 0 heterocycles. The number of amides is 1. The van der Waals surface area contributed by atoms with Crippen molar-refractivity contribution in [2.45, 2.75) is 18.2 Å². The Morgan fingerprint density at radius 2 is 1.66 bits per heavy atom. The van der Waals surface area contributed by atoms with Crippen LogP contribution in [0.25, 0.3) is 0 Å². The topological polar surface area (TPSA) is 103 Å². The number of nitrogens with one attached hydrogen (secondary N) is 2. The zero-order valence-corrected chi connectivity index (χ0v) is 21.2. The smallest absolute Gasteiger partial charge is 0.261 e. The van der Waals surface area contributed by atoms with Crippen LogP contribution in [0, 0.1) is 6.92 Å². The Bertz CT molecular complexity index is 1280. The second kappa shape index (κ2) is 11.8. The Balaban J connectivity index is 1.48. The number of benzene rings is 3. The molecule has 3 aromatic rings. The van der Waals surface area contributed by atoms with E-state index >= 15 is 0 Å². The fourth-order valence-electron chi connectivity index (χ4n) is 3.17. The van der Waals surface area contributed by atoms with E-state index in [-0.39, 0.29) is 17.4 Å². The van der Waals surface area contributed by atoms with E-state index in [0.29, 0.717) is 40.9 Å². The van der Waals surface area contributed by atoms with Crippen LogP contribution in [0.3, 0.4) is 0 Å².